The van der Waals surface area contributed by atoms with E-state index in [0.29, 0.717) is 11.2 Å². The van der Waals surface area contributed by atoms with Gasteiger partial charge in [0.05, 0.1) is 6.54 Å². The zero-order valence-electron chi connectivity index (χ0n) is 21.3. The highest BCUT2D eigenvalue weighted by atomic mass is 79.9. The normalized spacial score (nSPS) is 14.5. The Hall–Kier alpha value is -3.20. The van der Waals surface area contributed by atoms with E-state index in [1.165, 1.54) is 5.69 Å². The number of quaternary nitrogens is 2. The van der Waals surface area contributed by atoms with Crippen molar-refractivity contribution in [2.45, 2.75) is 31.4 Å². The first-order chi connectivity index (χ1) is 19.1. The topological polar surface area (TPSA) is 187 Å². The highest BCUT2D eigenvalue weighted by molar-refractivity contribution is 9.09. The van der Waals surface area contributed by atoms with Crippen LogP contribution in [0.4, 0.5) is 45.2 Å². The quantitative estimate of drug-likeness (QED) is 0.228. The van der Waals surface area contributed by atoms with Crippen LogP contribution in [0, 0.1) is 5.92 Å². The molecule has 1 amide bonds. The summed E-state index contributed by atoms with van der Waals surface area (Å²) in [6.07, 6.45) is -9.32. The number of carboxylic acids is 3. The number of alkyl halides is 10. The third kappa shape index (κ3) is 19.0. The molecule has 0 aliphatic carbocycles. The largest absolute Gasteiger partial charge is 0.542 e. The molecule has 2 heterocycles. The third-order valence-electron chi connectivity index (χ3n) is 4.90. The Bertz CT molecular complexity index is 917. The van der Waals surface area contributed by atoms with Gasteiger partial charge in [-0.05, 0) is 12.8 Å². The third-order valence-corrected chi connectivity index (χ3v) is 5.41. The maximum Gasteiger partial charge on any atom is 0.430 e. The molecule has 1 aromatic heterocycles. The van der Waals surface area contributed by atoms with E-state index in [0.717, 1.165) is 50.5 Å². The summed E-state index contributed by atoms with van der Waals surface area (Å²) in [5.74, 6) is -8.12. The van der Waals surface area contributed by atoms with Gasteiger partial charge in [-0.2, -0.15) is 39.5 Å². The van der Waals surface area contributed by atoms with Crippen molar-refractivity contribution in [3.05, 3.63) is 24.5 Å². The Balaban J connectivity index is 0. The first-order valence-electron chi connectivity index (χ1n) is 11.4. The van der Waals surface area contributed by atoms with Gasteiger partial charge in [0.1, 0.15) is 36.3 Å². The van der Waals surface area contributed by atoms with E-state index < -0.39 is 36.4 Å². The van der Waals surface area contributed by atoms with Gasteiger partial charge in [0.15, 0.2) is 12.4 Å². The average Bonchev–Trinajstić information content (AvgIpc) is 2.88. The first-order valence-corrected chi connectivity index (χ1v) is 12.5. The van der Waals surface area contributed by atoms with Crippen molar-refractivity contribution in [2.75, 3.05) is 43.0 Å². The van der Waals surface area contributed by atoms with Gasteiger partial charge in [-0.1, -0.05) is 15.9 Å². The number of nitrogens with one attached hydrogen (secondary N) is 2. The summed E-state index contributed by atoms with van der Waals surface area (Å²) in [5, 5.41) is 26.8. The lowest BCUT2D eigenvalue weighted by atomic mass is 9.95. The molecule has 0 radical (unpaired) electrons. The van der Waals surface area contributed by atoms with Crippen LogP contribution in [-0.2, 0) is 19.2 Å². The second kappa shape index (κ2) is 19.1. The van der Waals surface area contributed by atoms with E-state index in [1.807, 2.05) is 12.4 Å². The molecule has 2 rings (SSSR count). The Morgan fingerprint density at radius 2 is 1.21 bits per heavy atom. The fraction of sp³-hybridized carbons (Fsp3) is 0.571. The summed E-state index contributed by atoms with van der Waals surface area (Å²) in [6, 6.07) is 4.24. The Morgan fingerprint density at radius 3 is 1.50 bits per heavy atom. The van der Waals surface area contributed by atoms with Gasteiger partial charge in [0.2, 0.25) is 0 Å². The molecule has 42 heavy (non-hydrogen) atoms. The highest BCUT2D eigenvalue weighted by Gasteiger charge is 2.30. The number of aromatic amines is 1. The van der Waals surface area contributed by atoms with Crippen molar-refractivity contribution >= 4 is 45.4 Å². The number of H-pyrrole nitrogens is 1. The second-order valence-electron chi connectivity index (χ2n) is 8.01. The lowest BCUT2D eigenvalue weighted by Crippen LogP contribution is -3.17. The van der Waals surface area contributed by atoms with E-state index in [1.54, 1.807) is 0 Å². The number of amides is 1. The van der Waals surface area contributed by atoms with Gasteiger partial charge < -0.3 is 40.3 Å². The average molecular weight is 697 g/mol. The predicted molar refractivity (Wildman–Crippen MR) is 118 cm³/mol. The summed E-state index contributed by atoms with van der Waals surface area (Å²) in [5.41, 5.74) is 5.17. The minimum atomic E-state index is -5.19. The Labute approximate surface area is 240 Å². The summed E-state index contributed by atoms with van der Waals surface area (Å²) in [4.78, 5) is 44.9. The molecule has 1 saturated heterocycles. The molecule has 21 heteroatoms. The maximum atomic E-state index is 11.9. The van der Waals surface area contributed by atoms with Crippen molar-refractivity contribution in [3.8, 4) is 0 Å². The summed E-state index contributed by atoms with van der Waals surface area (Å²) in [7, 11) is 0. The number of hydrogen-bond acceptors (Lipinski definition) is 8. The van der Waals surface area contributed by atoms with Crippen LogP contribution >= 0.6 is 15.9 Å². The molecule has 1 aliphatic heterocycles. The number of nitrogens with zero attached hydrogens (tertiary/aromatic N) is 1. The minimum absolute atomic E-state index is 0.264. The van der Waals surface area contributed by atoms with Gasteiger partial charge in [0, 0.05) is 36.8 Å². The van der Waals surface area contributed by atoms with E-state index in [2.05, 4.69) is 43.7 Å². The van der Waals surface area contributed by atoms with Crippen LogP contribution in [-0.4, -0.2) is 80.4 Å². The first kappa shape index (κ1) is 40.9. The lowest BCUT2D eigenvalue weighted by Gasteiger charge is -2.33. The smallest absolute Gasteiger partial charge is 0.430 e. The SMILES string of the molecule is O=C([O-])C(F)(F)F.O=C([O-])C(F)(F)F.O=C([O-])C(F)(F)F.[NH3+]CC[NH+](CC1CCN(c2cc[nH+]cc2)CC1)C(=O)CBr. The fourth-order valence-corrected chi connectivity index (χ4v) is 3.39. The van der Waals surface area contributed by atoms with E-state index in [9.17, 15) is 44.3 Å². The summed E-state index contributed by atoms with van der Waals surface area (Å²) >= 11 is 3.29. The molecule has 0 saturated carbocycles. The Morgan fingerprint density at radius 1 is 0.857 bits per heavy atom. The molecule has 242 valence electrons. The van der Waals surface area contributed by atoms with Crippen LogP contribution in [0.25, 0.3) is 0 Å². The molecule has 0 bridgehead atoms. The summed E-state index contributed by atoms with van der Waals surface area (Å²) < 4.78 is 94.6. The molecule has 11 nitrogen and oxygen atoms in total. The molecular formula is C21H26BrF9N4O7. The molecule has 1 unspecified atom stereocenters. The minimum Gasteiger partial charge on any atom is -0.542 e. The molecule has 1 aliphatic rings. The second-order valence-corrected chi connectivity index (χ2v) is 8.57. The van der Waals surface area contributed by atoms with Crippen LogP contribution in [0.1, 0.15) is 12.8 Å². The summed E-state index contributed by atoms with van der Waals surface area (Å²) in [6.45, 7) is 4.77. The highest BCUT2D eigenvalue weighted by Crippen LogP contribution is 2.21. The number of anilines is 1. The van der Waals surface area contributed by atoms with Gasteiger partial charge in [0.25, 0.3) is 0 Å². The molecule has 0 aromatic carbocycles. The van der Waals surface area contributed by atoms with Crippen molar-refractivity contribution in [3.63, 3.8) is 0 Å². The van der Waals surface area contributed by atoms with Crippen LogP contribution in [0.3, 0.4) is 0 Å². The zero-order chi connectivity index (χ0) is 33.3. The van der Waals surface area contributed by atoms with Gasteiger partial charge in [-0.3, -0.25) is 4.90 Å². The fourth-order valence-electron chi connectivity index (χ4n) is 3.00. The number of aliphatic carboxylic acids is 3. The molecule has 1 atom stereocenters. The van der Waals surface area contributed by atoms with Crippen molar-refractivity contribution < 1.29 is 89.6 Å². The molecule has 5 N–H and O–H groups in total. The monoisotopic (exact) mass is 696 g/mol. The van der Waals surface area contributed by atoms with Crippen molar-refractivity contribution in [1.82, 2.24) is 0 Å². The number of aromatic nitrogens is 1. The van der Waals surface area contributed by atoms with Crippen LogP contribution < -0.4 is 35.8 Å². The number of carbonyl (C=O) groups is 4. The lowest BCUT2D eigenvalue weighted by molar-refractivity contribution is -0.830. The number of carbonyl (C=O) groups excluding carboxylic acids is 4. The van der Waals surface area contributed by atoms with E-state index in [4.69, 9.17) is 29.7 Å². The number of rotatable bonds is 6. The molecule has 1 aromatic rings. The standard InChI is InChI=1S/C15H23BrN4O.3C2HF3O2/c16-11-15(21)20(10-5-17)12-13-3-8-19(9-4-13)14-1-6-18-7-2-14;3*3-2(4,5)1(6)7/h1-2,6-7,13H,3-5,8-12,17H2;3*(H,6,7). The van der Waals surface area contributed by atoms with Crippen LogP contribution in [0.15, 0.2) is 24.5 Å². The van der Waals surface area contributed by atoms with Crippen molar-refractivity contribution in [1.29, 1.82) is 0 Å². The number of hydrogen-bond donors (Lipinski definition) is 2. The van der Waals surface area contributed by atoms with E-state index >= 15 is 0 Å². The van der Waals surface area contributed by atoms with E-state index in [-0.39, 0.29) is 5.91 Å². The predicted octanol–water partition coefficient (Wildman–Crippen LogP) is -3.34. The number of halogens is 10. The zero-order valence-corrected chi connectivity index (χ0v) is 22.9. The van der Waals surface area contributed by atoms with Crippen molar-refractivity contribution in [2.24, 2.45) is 5.92 Å². The van der Waals surface area contributed by atoms with Gasteiger partial charge >= 0.3 is 24.4 Å². The van der Waals surface area contributed by atoms with Crippen LogP contribution in [0.2, 0.25) is 0 Å². The number of pyridine rings is 1. The number of carboxylic acid groups (broad SMARTS) is 3. The molecular weight excluding hydrogens is 671 g/mol. The van der Waals surface area contributed by atoms with Gasteiger partial charge in [-0.15, -0.1) is 0 Å². The number of piperidine rings is 1. The Kier molecular flexibility index (Phi) is 18.6. The van der Waals surface area contributed by atoms with Gasteiger partial charge in [-0.25, -0.2) is 9.78 Å². The molecule has 0 spiro atoms. The molecule has 1 fully saturated rings. The van der Waals surface area contributed by atoms with Crippen LogP contribution in [0.5, 0.6) is 0 Å². The maximum absolute atomic E-state index is 11.9.